The van der Waals surface area contributed by atoms with Crippen molar-refractivity contribution in [2.24, 2.45) is 5.92 Å². The molecule has 2 fully saturated rings. The number of amides is 1. The van der Waals surface area contributed by atoms with Gasteiger partial charge in [0.05, 0.1) is 18.3 Å². The summed E-state index contributed by atoms with van der Waals surface area (Å²) in [6.45, 7) is 10.7. The Balaban J connectivity index is 1.40. The molecule has 6 nitrogen and oxygen atoms in total. The molecule has 4 rings (SSSR count). The Morgan fingerprint density at radius 2 is 2.04 bits per heavy atom. The number of pyridine rings is 1. The van der Waals surface area contributed by atoms with Crippen LogP contribution in [0.15, 0.2) is 12.1 Å². The van der Waals surface area contributed by atoms with Gasteiger partial charge in [-0.3, -0.25) is 0 Å². The van der Waals surface area contributed by atoms with Crippen molar-refractivity contribution in [3.63, 3.8) is 0 Å². The first-order valence-corrected chi connectivity index (χ1v) is 10.6. The van der Waals surface area contributed by atoms with Gasteiger partial charge in [-0.2, -0.15) is 0 Å². The van der Waals surface area contributed by atoms with E-state index in [1.165, 1.54) is 24.8 Å². The molecule has 1 aromatic rings. The first kappa shape index (κ1) is 19.5. The van der Waals surface area contributed by atoms with Crippen molar-refractivity contribution >= 4 is 11.9 Å². The van der Waals surface area contributed by atoms with Gasteiger partial charge in [0.2, 0.25) is 0 Å². The van der Waals surface area contributed by atoms with Gasteiger partial charge in [-0.25, -0.2) is 9.78 Å². The lowest BCUT2D eigenvalue weighted by atomic mass is 9.86. The van der Waals surface area contributed by atoms with Crippen molar-refractivity contribution in [1.29, 1.82) is 0 Å². The number of hydrogen-bond acceptors (Lipinski definition) is 5. The van der Waals surface area contributed by atoms with Crippen LogP contribution in [0.3, 0.4) is 0 Å². The van der Waals surface area contributed by atoms with E-state index < -0.39 is 5.60 Å². The molecule has 28 heavy (non-hydrogen) atoms. The maximum absolute atomic E-state index is 12.5. The molecule has 1 saturated heterocycles. The molecule has 6 heteroatoms. The van der Waals surface area contributed by atoms with Gasteiger partial charge in [-0.15, -0.1) is 0 Å². The van der Waals surface area contributed by atoms with Crippen LogP contribution in [0.1, 0.15) is 58.2 Å². The highest BCUT2D eigenvalue weighted by Crippen LogP contribution is 2.36. The smallest absolute Gasteiger partial charge is 0.410 e. The van der Waals surface area contributed by atoms with Gasteiger partial charge in [0.15, 0.2) is 0 Å². The number of piperazine rings is 1. The van der Waals surface area contributed by atoms with Crippen LogP contribution in [0, 0.1) is 5.92 Å². The molecule has 2 atom stereocenters. The second-order valence-electron chi connectivity index (χ2n) is 9.60. The Kier molecular flexibility index (Phi) is 5.25. The molecule has 0 aromatic carbocycles. The summed E-state index contributed by atoms with van der Waals surface area (Å²) in [7, 11) is 0. The largest absolute Gasteiger partial charge is 0.444 e. The summed E-state index contributed by atoms with van der Waals surface area (Å²) in [6, 6.07) is 4.76. The maximum atomic E-state index is 12.5. The average Bonchev–Trinajstić information content (AvgIpc) is 2.93. The molecule has 1 saturated carbocycles. The zero-order valence-electron chi connectivity index (χ0n) is 17.6. The number of nitrogens with zero attached hydrogens (tertiary/aromatic N) is 3. The minimum Gasteiger partial charge on any atom is -0.444 e. The Morgan fingerprint density at radius 1 is 1.25 bits per heavy atom. The summed E-state index contributed by atoms with van der Waals surface area (Å²) in [4.78, 5) is 21.7. The van der Waals surface area contributed by atoms with Crippen LogP contribution in [0.2, 0.25) is 0 Å². The lowest BCUT2D eigenvalue weighted by Gasteiger charge is -2.43. The molecule has 1 aliphatic carbocycles. The van der Waals surface area contributed by atoms with Crippen LogP contribution in [0.25, 0.3) is 0 Å². The highest BCUT2D eigenvalue weighted by molar-refractivity contribution is 5.69. The second-order valence-corrected chi connectivity index (χ2v) is 9.60. The molecule has 0 unspecified atom stereocenters. The predicted octanol–water partition coefficient (Wildman–Crippen LogP) is 3.77. The summed E-state index contributed by atoms with van der Waals surface area (Å²) in [6.07, 6.45) is 4.67. The Hall–Kier alpha value is -1.82. The van der Waals surface area contributed by atoms with Crippen LogP contribution in [0.4, 0.5) is 10.6 Å². The zero-order valence-corrected chi connectivity index (χ0v) is 17.6. The van der Waals surface area contributed by atoms with E-state index >= 15 is 0 Å². The molecule has 1 aromatic heterocycles. The highest BCUT2D eigenvalue weighted by atomic mass is 16.6. The molecule has 3 aliphatic rings. The van der Waals surface area contributed by atoms with E-state index in [-0.39, 0.29) is 18.2 Å². The van der Waals surface area contributed by atoms with E-state index in [1.807, 2.05) is 25.7 Å². The van der Waals surface area contributed by atoms with Crippen molar-refractivity contribution in [3.8, 4) is 0 Å². The quantitative estimate of drug-likeness (QED) is 0.787. The number of ether oxygens (including phenoxy) is 2. The van der Waals surface area contributed by atoms with Gasteiger partial charge in [-0.1, -0.05) is 12.5 Å². The monoisotopic (exact) mass is 387 g/mol. The molecule has 2 aliphatic heterocycles. The van der Waals surface area contributed by atoms with E-state index in [0.717, 1.165) is 30.5 Å². The number of hydrogen-bond donors (Lipinski definition) is 0. The Bertz CT molecular complexity index is 726. The second kappa shape index (κ2) is 7.54. The lowest BCUT2D eigenvalue weighted by Crippen LogP contribution is -2.58. The third-order valence-corrected chi connectivity index (χ3v) is 5.98. The fourth-order valence-electron chi connectivity index (χ4n) is 4.43. The van der Waals surface area contributed by atoms with Crippen molar-refractivity contribution in [1.82, 2.24) is 9.88 Å². The lowest BCUT2D eigenvalue weighted by molar-refractivity contribution is 0.0191. The summed E-state index contributed by atoms with van der Waals surface area (Å²) in [5.41, 5.74) is 1.80. The first-order valence-electron chi connectivity index (χ1n) is 10.6. The summed E-state index contributed by atoms with van der Waals surface area (Å²) >= 11 is 0. The number of carbonyl (C=O) groups is 1. The van der Waals surface area contributed by atoms with E-state index in [0.29, 0.717) is 19.7 Å². The molecule has 3 heterocycles. The molecule has 0 spiro atoms. The molecule has 0 N–H and O–H groups in total. The summed E-state index contributed by atoms with van der Waals surface area (Å²) in [5, 5.41) is 0. The number of rotatable bonds is 4. The number of aromatic nitrogens is 1. The third kappa shape index (κ3) is 4.12. The van der Waals surface area contributed by atoms with E-state index in [4.69, 9.17) is 14.5 Å². The minimum absolute atomic E-state index is 0.214. The fourth-order valence-corrected chi connectivity index (χ4v) is 4.43. The topological polar surface area (TPSA) is 54.9 Å². The predicted molar refractivity (Wildman–Crippen MR) is 108 cm³/mol. The van der Waals surface area contributed by atoms with Crippen LogP contribution in [-0.4, -0.2) is 53.4 Å². The van der Waals surface area contributed by atoms with E-state index in [2.05, 4.69) is 24.0 Å². The summed E-state index contributed by atoms with van der Waals surface area (Å²) < 4.78 is 11.5. The minimum atomic E-state index is -0.466. The molecular formula is C22H33N3O3. The average molecular weight is 388 g/mol. The van der Waals surface area contributed by atoms with Gasteiger partial charge in [0.25, 0.3) is 0 Å². The maximum Gasteiger partial charge on any atom is 0.410 e. The van der Waals surface area contributed by atoms with E-state index in [9.17, 15) is 4.79 Å². The number of carbonyl (C=O) groups excluding carboxylic acids is 1. The molecular weight excluding hydrogens is 354 g/mol. The van der Waals surface area contributed by atoms with Gasteiger partial charge in [-0.05, 0) is 64.5 Å². The SMILES string of the molecule is C[C@@H]1CN(C(=O)OC(C)(C)C)C[C@H]2Cc3ccc(COCC4CCC4)nc3N21. The summed E-state index contributed by atoms with van der Waals surface area (Å²) in [5.74, 6) is 1.82. The van der Waals surface area contributed by atoms with Gasteiger partial charge >= 0.3 is 6.09 Å². The van der Waals surface area contributed by atoms with Crippen molar-refractivity contribution in [3.05, 3.63) is 23.4 Å². The van der Waals surface area contributed by atoms with Crippen LogP contribution in [-0.2, 0) is 22.5 Å². The van der Waals surface area contributed by atoms with Gasteiger partial charge in [0.1, 0.15) is 11.4 Å². The van der Waals surface area contributed by atoms with Gasteiger partial charge < -0.3 is 19.3 Å². The standard InChI is InChI=1S/C22H33N3O3/c1-15-11-24(21(26)28-22(2,3)4)12-19-10-17-8-9-18(23-20(17)25(15)19)14-27-13-16-6-5-7-16/h8-9,15-16,19H,5-7,10-14H2,1-4H3/t15-,19-/m1/s1. The highest BCUT2D eigenvalue weighted by Gasteiger charge is 2.41. The van der Waals surface area contributed by atoms with E-state index in [1.54, 1.807) is 0 Å². The van der Waals surface area contributed by atoms with Crippen molar-refractivity contribution < 1.29 is 14.3 Å². The Labute approximate surface area is 168 Å². The molecule has 1 amide bonds. The van der Waals surface area contributed by atoms with Crippen LogP contribution < -0.4 is 4.90 Å². The zero-order chi connectivity index (χ0) is 19.9. The van der Waals surface area contributed by atoms with Crippen molar-refractivity contribution in [2.75, 3.05) is 24.6 Å². The first-order chi connectivity index (χ1) is 13.3. The van der Waals surface area contributed by atoms with Gasteiger partial charge in [0, 0.05) is 25.7 Å². The fraction of sp³-hybridized carbons (Fsp3) is 0.727. The number of anilines is 1. The number of fused-ring (bicyclic) bond motifs is 3. The molecule has 0 radical (unpaired) electrons. The Morgan fingerprint density at radius 3 is 2.71 bits per heavy atom. The molecule has 154 valence electrons. The third-order valence-electron chi connectivity index (χ3n) is 5.98. The van der Waals surface area contributed by atoms with Crippen molar-refractivity contribution in [2.45, 2.75) is 77.7 Å². The van der Waals surface area contributed by atoms with Crippen LogP contribution in [0.5, 0.6) is 0 Å². The molecule has 0 bridgehead atoms. The normalized spacial score (nSPS) is 24.6. The van der Waals surface area contributed by atoms with Crippen LogP contribution >= 0.6 is 0 Å².